The quantitative estimate of drug-likeness (QED) is 0.585. The van der Waals surface area contributed by atoms with Crippen molar-refractivity contribution in [1.82, 2.24) is 4.90 Å². The third kappa shape index (κ3) is 2.59. The van der Waals surface area contributed by atoms with Crippen molar-refractivity contribution >= 4 is 11.8 Å². The maximum atomic E-state index is 12.1. The number of carbonyl (C=O) groups is 2. The van der Waals surface area contributed by atoms with Crippen molar-refractivity contribution in [3.8, 4) is 0 Å². The summed E-state index contributed by atoms with van der Waals surface area (Å²) in [6.45, 7) is 0.229. The van der Waals surface area contributed by atoms with Crippen molar-refractivity contribution in [1.29, 1.82) is 0 Å². The molecule has 2 amide bonds. The van der Waals surface area contributed by atoms with Crippen molar-refractivity contribution in [3.05, 3.63) is 35.9 Å². The van der Waals surface area contributed by atoms with Crippen LogP contribution in [0.1, 0.15) is 5.56 Å². The highest BCUT2D eigenvalue weighted by Gasteiger charge is 2.47. The molecule has 0 spiro atoms. The first kappa shape index (κ1) is 13.5. The van der Waals surface area contributed by atoms with E-state index in [1.807, 2.05) is 0 Å². The lowest BCUT2D eigenvalue weighted by molar-refractivity contribution is -0.167. The fourth-order valence-electron chi connectivity index (χ4n) is 2.04. The SMILES string of the molecule is NC(=O)C(O)(Cc1ccccc1)C(=O)N1CC(O)C1. The van der Waals surface area contributed by atoms with E-state index in [1.165, 1.54) is 4.90 Å². The molecule has 1 unspecified atom stereocenters. The zero-order valence-electron chi connectivity index (χ0n) is 10.3. The average molecular weight is 264 g/mol. The predicted molar refractivity (Wildman–Crippen MR) is 66.9 cm³/mol. The van der Waals surface area contributed by atoms with Gasteiger partial charge in [0, 0.05) is 19.5 Å². The summed E-state index contributed by atoms with van der Waals surface area (Å²) < 4.78 is 0. The summed E-state index contributed by atoms with van der Waals surface area (Å²) >= 11 is 0. The van der Waals surface area contributed by atoms with E-state index < -0.39 is 23.5 Å². The minimum absolute atomic E-state index is 0.114. The van der Waals surface area contributed by atoms with Crippen LogP contribution in [0.25, 0.3) is 0 Å². The molecule has 0 aliphatic carbocycles. The van der Waals surface area contributed by atoms with Crippen LogP contribution in [-0.4, -0.2) is 51.7 Å². The van der Waals surface area contributed by atoms with Gasteiger partial charge in [-0.25, -0.2) is 0 Å². The summed E-state index contributed by atoms with van der Waals surface area (Å²) in [6.07, 6.45) is -0.771. The molecule has 0 bridgehead atoms. The molecule has 1 aromatic carbocycles. The third-order valence-corrected chi connectivity index (χ3v) is 3.21. The number of primary amides is 1. The summed E-state index contributed by atoms with van der Waals surface area (Å²) in [4.78, 5) is 24.8. The lowest BCUT2D eigenvalue weighted by atomic mass is 9.91. The average Bonchev–Trinajstić information content (AvgIpc) is 2.35. The lowest BCUT2D eigenvalue weighted by Crippen LogP contribution is -2.64. The van der Waals surface area contributed by atoms with Crippen molar-refractivity contribution in [2.24, 2.45) is 5.73 Å². The van der Waals surface area contributed by atoms with Gasteiger partial charge in [-0.15, -0.1) is 0 Å². The summed E-state index contributed by atoms with van der Waals surface area (Å²) in [7, 11) is 0. The smallest absolute Gasteiger partial charge is 0.264 e. The molecule has 1 heterocycles. The van der Waals surface area contributed by atoms with Gasteiger partial charge in [-0.1, -0.05) is 30.3 Å². The van der Waals surface area contributed by atoms with Gasteiger partial charge in [-0.2, -0.15) is 0 Å². The number of hydrogen-bond acceptors (Lipinski definition) is 4. The van der Waals surface area contributed by atoms with Gasteiger partial charge in [0.25, 0.3) is 11.8 Å². The van der Waals surface area contributed by atoms with Gasteiger partial charge < -0.3 is 20.8 Å². The zero-order valence-corrected chi connectivity index (χ0v) is 10.3. The molecule has 6 heteroatoms. The molecular formula is C13H16N2O4. The number of carbonyl (C=O) groups excluding carboxylic acids is 2. The first-order chi connectivity index (χ1) is 8.93. The van der Waals surface area contributed by atoms with Gasteiger partial charge in [-0.3, -0.25) is 9.59 Å². The highest BCUT2D eigenvalue weighted by Crippen LogP contribution is 2.20. The number of nitrogens with zero attached hydrogens (tertiary/aromatic N) is 1. The fraction of sp³-hybridized carbons (Fsp3) is 0.385. The molecule has 4 N–H and O–H groups in total. The molecule has 1 saturated heterocycles. The molecule has 19 heavy (non-hydrogen) atoms. The number of nitrogens with two attached hydrogens (primary N) is 1. The molecule has 1 fully saturated rings. The van der Waals surface area contributed by atoms with Crippen LogP contribution in [0.5, 0.6) is 0 Å². The number of hydrogen-bond donors (Lipinski definition) is 3. The van der Waals surface area contributed by atoms with E-state index in [-0.39, 0.29) is 19.5 Å². The molecule has 6 nitrogen and oxygen atoms in total. The molecule has 1 atom stereocenters. The minimum Gasteiger partial charge on any atom is -0.389 e. The second kappa shape index (κ2) is 4.99. The number of rotatable bonds is 4. The Bertz CT molecular complexity index is 485. The minimum atomic E-state index is -2.26. The number of β-amino-alcohol motifs (C(OH)–C–C–N with tert-alkyl or cyclic N) is 1. The van der Waals surface area contributed by atoms with Crippen LogP contribution in [0, 0.1) is 0 Å². The number of likely N-dealkylation sites (tertiary alicyclic amines) is 1. The maximum absolute atomic E-state index is 12.1. The molecule has 102 valence electrons. The Morgan fingerprint density at radius 2 is 1.89 bits per heavy atom. The highest BCUT2D eigenvalue weighted by molar-refractivity contribution is 6.08. The molecule has 1 aliphatic rings. The Morgan fingerprint density at radius 1 is 1.32 bits per heavy atom. The van der Waals surface area contributed by atoms with Crippen LogP contribution in [0.15, 0.2) is 30.3 Å². The van der Waals surface area contributed by atoms with Gasteiger partial charge in [0.1, 0.15) is 0 Å². The van der Waals surface area contributed by atoms with E-state index in [4.69, 9.17) is 10.8 Å². The summed E-state index contributed by atoms with van der Waals surface area (Å²) in [5.41, 5.74) is 3.55. The van der Waals surface area contributed by atoms with E-state index in [0.717, 1.165) is 0 Å². The largest absolute Gasteiger partial charge is 0.389 e. The first-order valence-corrected chi connectivity index (χ1v) is 5.97. The van der Waals surface area contributed by atoms with Crippen LogP contribution < -0.4 is 5.73 Å². The van der Waals surface area contributed by atoms with Crippen molar-refractivity contribution in [2.75, 3.05) is 13.1 Å². The van der Waals surface area contributed by atoms with E-state index in [1.54, 1.807) is 30.3 Å². The molecule has 0 aromatic heterocycles. The van der Waals surface area contributed by atoms with E-state index in [9.17, 15) is 14.7 Å². The summed E-state index contributed by atoms with van der Waals surface area (Å²) in [5, 5.41) is 19.5. The molecule has 0 radical (unpaired) electrons. The topological polar surface area (TPSA) is 104 Å². The molecule has 1 aromatic rings. The van der Waals surface area contributed by atoms with E-state index in [0.29, 0.717) is 5.56 Å². The van der Waals surface area contributed by atoms with Crippen LogP contribution in [0.3, 0.4) is 0 Å². The Hall–Kier alpha value is -1.92. The Balaban J connectivity index is 2.18. The van der Waals surface area contributed by atoms with Gasteiger partial charge in [0.05, 0.1) is 6.10 Å². The second-order valence-corrected chi connectivity index (χ2v) is 4.75. The van der Waals surface area contributed by atoms with Gasteiger partial charge >= 0.3 is 0 Å². The third-order valence-electron chi connectivity index (χ3n) is 3.21. The summed E-state index contributed by atoms with van der Waals surface area (Å²) in [6, 6.07) is 8.68. The van der Waals surface area contributed by atoms with Crippen molar-refractivity contribution < 1.29 is 19.8 Å². The zero-order chi connectivity index (χ0) is 14.0. The number of aliphatic hydroxyl groups is 2. The lowest BCUT2D eigenvalue weighted by Gasteiger charge is -2.40. The van der Waals surface area contributed by atoms with E-state index in [2.05, 4.69) is 0 Å². The van der Waals surface area contributed by atoms with Crippen LogP contribution in [-0.2, 0) is 16.0 Å². The number of benzene rings is 1. The Morgan fingerprint density at radius 3 is 2.37 bits per heavy atom. The standard InChI is InChI=1S/C13H16N2O4/c14-11(17)13(19,6-9-4-2-1-3-5-9)12(18)15-7-10(16)8-15/h1-5,10,16,19H,6-8H2,(H2,14,17). The molecule has 1 aliphatic heterocycles. The van der Waals surface area contributed by atoms with Crippen molar-refractivity contribution in [2.45, 2.75) is 18.1 Å². The molecule has 2 rings (SSSR count). The summed E-state index contributed by atoms with van der Waals surface area (Å²) in [5.74, 6) is -1.84. The van der Waals surface area contributed by atoms with Gasteiger partial charge in [-0.05, 0) is 5.56 Å². The van der Waals surface area contributed by atoms with E-state index >= 15 is 0 Å². The molecular weight excluding hydrogens is 248 g/mol. The monoisotopic (exact) mass is 264 g/mol. The highest BCUT2D eigenvalue weighted by atomic mass is 16.3. The Labute approximate surface area is 110 Å². The second-order valence-electron chi connectivity index (χ2n) is 4.75. The van der Waals surface area contributed by atoms with Crippen LogP contribution in [0.4, 0.5) is 0 Å². The maximum Gasteiger partial charge on any atom is 0.264 e. The molecule has 0 saturated carbocycles. The van der Waals surface area contributed by atoms with Crippen molar-refractivity contribution in [3.63, 3.8) is 0 Å². The predicted octanol–water partition coefficient (Wildman–Crippen LogP) is -1.35. The van der Waals surface area contributed by atoms with Gasteiger partial charge in [0.15, 0.2) is 0 Å². The normalized spacial score (nSPS) is 18.5. The number of aliphatic hydroxyl groups excluding tert-OH is 1. The fourth-order valence-corrected chi connectivity index (χ4v) is 2.04. The van der Waals surface area contributed by atoms with Crippen LogP contribution in [0.2, 0.25) is 0 Å². The Kier molecular flexibility index (Phi) is 3.55. The first-order valence-electron chi connectivity index (χ1n) is 5.97. The van der Waals surface area contributed by atoms with Gasteiger partial charge in [0.2, 0.25) is 5.60 Å². The van der Waals surface area contributed by atoms with Crippen LogP contribution >= 0.6 is 0 Å². The number of amides is 2.